The quantitative estimate of drug-likeness (QED) is 0.751. The maximum absolute atomic E-state index is 12.6. The van der Waals surface area contributed by atoms with E-state index in [1.54, 1.807) is 0 Å². The molecule has 0 aliphatic rings. The summed E-state index contributed by atoms with van der Waals surface area (Å²) in [5.74, 6) is 0. The fraction of sp³-hybridized carbons (Fsp3) is 0.200. The number of hydrogen-bond acceptors (Lipinski definition) is 1. The molecular weight excluding hydrogens is 251 g/mol. The minimum Gasteiger partial charge on any atom is -0.398 e. The number of benzene rings is 2. The third-order valence-electron chi connectivity index (χ3n) is 3.06. The normalized spacial score (nSPS) is 11.6. The summed E-state index contributed by atoms with van der Waals surface area (Å²) in [5.41, 5.74) is 8.71. The molecule has 0 amide bonds. The van der Waals surface area contributed by atoms with Crippen molar-refractivity contribution in [3.8, 4) is 11.1 Å². The van der Waals surface area contributed by atoms with Gasteiger partial charge in [-0.25, -0.2) is 0 Å². The molecule has 0 unspecified atom stereocenters. The fourth-order valence-electron chi connectivity index (χ4n) is 2.01. The van der Waals surface area contributed by atoms with Crippen molar-refractivity contribution >= 4 is 5.69 Å². The SMILES string of the molecule is Cc1ccc(C)c(-c2ccc(C(F)(F)F)cc2N)c1. The molecule has 0 fully saturated rings. The van der Waals surface area contributed by atoms with Crippen LogP contribution in [-0.2, 0) is 6.18 Å². The van der Waals surface area contributed by atoms with Crippen LogP contribution in [0.1, 0.15) is 16.7 Å². The van der Waals surface area contributed by atoms with Crippen molar-refractivity contribution in [2.24, 2.45) is 0 Å². The third kappa shape index (κ3) is 2.72. The second kappa shape index (κ2) is 4.61. The average Bonchev–Trinajstić information content (AvgIpc) is 2.31. The molecule has 0 bridgehead atoms. The van der Waals surface area contributed by atoms with Crippen LogP contribution in [-0.4, -0.2) is 0 Å². The standard InChI is InChI=1S/C15H14F3N/c1-9-3-4-10(2)13(7-9)12-6-5-11(8-14(12)19)15(16,17)18/h3-8H,19H2,1-2H3. The summed E-state index contributed by atoms with van der Waals surface area (Å²) in [6.07, 6.45) is -4.37. The molecule has 100 valence electrons. The largest absolute Gasteiger partial charge is 0.416 e. The second-order valence-corrected chi connectivity index (χ2v) is 4.62. The van der Waals surface area contributed by atoms with Gasteiger partial charge in [0.05, 0.1) is 5.56 Å². The van der Waals surface area contributed by atoms with Crippen LogP contribution >= 0.6 is 0 Å². The highest BCUT2D eigenvalue weighted by Crippen LogP contribution is 2.35. The summed E-state index contributed by atoms with van der Waals surface area (Å²) in [5, 5.41) is 0. The van der Waals surface area contributed by atoms with E-state index < -0.39 is 11.7 Å². The topological polar surface area (TPSA) is 26.0 Å². The highest BCUT2D eigenvalue weighted by molar-refractivity contribution is 5.79. The number of nitrogens with two attached hydrogens (primary N) is 1. The van der Waals surface area contributed by atoms with Gasteiger partial charge in [-0.15, -0.1) is 0 Å². The van der Waals surface area contributed by atoms with Gasteiger partial charge in [-0.1, -0.05) is 29.8 Å². The smallest absolute Gasteiger partial charge is 0.398 e. The average molecular weight is 265 g/mol. The predicted octanol–water partition coefficient (Wildman–Crippen LogP) is 4.57. The van der Waals surface area contributed by atoms with E-state index in [4.69, 9.17) is 5.73 Å². The summed E-state index contributed by atoms with van der Waals surface area (Å²) in [7, 11) is 0. The summed E-state index contributed by atoms with van der Waals surface area (Å²) in [6.45, 7) is 3.84. The molecule has 0 aliphatic heterocycles. The van der Waals surface area contributed by atoms with Crippen molar-refractivity contribution in [2.45, 2.75) is 20.0 Å². The summed E-state index contributed by atoms with van der Waals surface area (Å²) in [6, 6.07) is 9.29. The van der Waals surface area contributed by atoms with Gasteiger partial charge in [0.15, 0.2) is 0 Å². The first-order valence-electron chi connectivity index (χ1n) is 5.83. The van der Waals surface area contributed by atoms with Crippen LogP contribution in [0.3, 0.4) is 0 Å². The van der Waals surface area contributed by atoms with E-state index in [-0.39, 0.29) is 5.69 Å². The van der Waals surface area contributed by atoms with E-state index in [1.165, 1.54) is 6.07 Å². The van der Waals surface area contributed by atoms with Crippen LogP contribution in [0, 0.1) is 13.8 Å². The second-order valence-electron chi connectivity index (χ2n) is 4.62. The van der Waals surface area contributed by atoms with E-state index in [0.717, 1.165) is 28.8 Å². The number of aryl methyl sites for hydroxylation is 2. The molecule has 2 aromatic carbocycles. The molecule has 0 spiro atoms. The Balaban J connectivity index is 2.55. The van der Waals surface area contributed by atoms with Crippen LogP contribution in [0.2, 0.25) is 0 Å². The molecule has 0 radical (unpaired) electrons. The van der Waals surface area contributed by atoms with Crippen molar-refractivity contribution in [3.63, 3.8) is 0 Å². The van der Waals surface area contributed by atoms with Crippen LogP contribution < -0.4 is 5.73 Å². The maximum Gasteiger partial charge on any atom is 0.416 e. The van der Waals surface area contributed by atoms with Gasteiger partial charge in [-0.3, -0.25) is 0 Å². The minimum absolute atomic E-state index is 0.142. The van der Waals surface area contributed by atoms with Crippen molar-refractivity contribution in [1.29, 1.82) is 0 Å². The molecule has 0 saturated heterocycles. The van der Waals surface area contributed by atoms with Crippen LogP contribution in [0.15, 0.2) is 36.4 Å². The van der Waals surface area contributed by atoms with Gasteiger partial charge < -0.3 is 5.73 Å². The van der Waals surface area contributed by atoms with Gasteiger partial charge >= 0.3 is 6.18 Å². The first-order chi connectivity index (χ1) is 8.79. The van der Waals surface area contributed by atoms with E-state index in [9.17, 15) is 13.2 Å². The number of anilines is 1. The number of halogens is 3. The molecule has 4 heteroatoms. The Morgan fingerprint density at radius 1 is 0.895 bits per heavy atom. The van der Waals surface area contributed by atoms with E-state index >= 15 is 0 Å². The Hall–Kier alpha value is -1.97. The van der Waals surface area contributed by atoms with Gasteiger partial charge in [0.2, 0.25) is 0 Å². The first kappa shape index (κ1) is 13.5. The van der Waals surface area contributed by atoms with Gasteiger partial charge in [-0.2, -0.15) is 13.2 Å². The van der Waals surface area contributed by atoms with Gasteiger partial charge in [0.1, 0.15) is 0 Å². The predicted molar refractivity (Wildman–Crippen MR) is 70.8 cm³/mol. The van der Waals surface area contributed by atoms with Crippen LogP contribution in [0.5, 0.6) is 0 Å². The number of alkyl halides is 3. The van der Waals surface area contributed by atoms with Crippen molar-refractivity contribution in [2.75, 3.05) is 5.73 Å². The molecular formula is C15H14F3N. The first-order valence-corrected chi connectivity index (χ1v) is 5.83. The molecule has 2 aromatic rings. The Labute approximate surface area is 109 Å². The number of rotatable bonds is 1. The molecule has 0 atom stereocenters. The summed E-state index contributed by atoms with van der Waals surface area (Å²) >= 11 is 0. The monoisotopic (exact) mass is 265 g/mol. The molecule has 0 aromatic heterocycles. The molecule has 0 saturated carbocycles. The van der Waals surface area contributed by atoms with E-state index in [1.807, 2.05) is 32.0 Å². The molecule has 0 heterocycles. The van der Waals surface area contributed by atoms with Gasteiger partial charge in [-0.05, 0) is 37.1 Å². The van der Waals surface area contributed by atoms with Crippen LogP contribution in [0.4, 0.5) is 18.9 Å². The van der Waals surface area contributed by atoms with Crippen molar-refractivity contribution in [1.82, 2.24) is 0 Å². The highest BCUT2D eigenvalue weighted by atomic mass is 19.4. The zero-order valence-corrected chi connectivity index (χ0v) is 10.7. The lowest BCUT2D eigenvalue weighted by atomic mass is 9.96. The molecule has 2 rings (SSSR count). The maximum atomic E-state index is 12.6. The van der Waals surface area contributed by atoms with E-state index in [2.05, 4.69) is 0 Å². The molecule has 0 aliphatic carbocycles. The van der Waals surface area contributed by atoms with E-state index in [0.29, 0.717) is 5.56 Å². The zero-order valence-electron chi connectivity index (χ0n) is 10.7. The lowest BCUT2D eigenvalue weighted by Gasteiger charge is -2.13. The highest BCUT2D eigenvalue weighted by Gasteiger charge is 2.30. The van der Waals surface area contributed by atoms with Crippen molar-refractivity contribution < 1.29 is 13.2 Å². The lowest BCUT2D eigenvalue weighted by Crippen LogP contribution is -2.06. The molecule has 2 N–H and O–H groups in total. The lowest BCUT2D eigenvalue weighted by molar-refractivity contribution is -0.137. The van der Waals surface area contributed by atoms with Crippen molar-refractivity contribution in [3.05, 3.63) is 53.1 Å². The molecule has 19 heavy (non-hydrogen) atoms. The Morgan fingerprint density at radius 3 is 2.16 bits per heavy atom. The summed E-state index contributed by atoms with van der Waals surface area (Å²) < 4.78 is 37.8. The number of nitrogen functional groups attached to an aromatic ring is 1. The zero-order chi connectivity index (χ0) is 14.2. The van der Waals surface area contributed by atoms with Gasteiger partial charge in [0, 0.05) is 11.3 Å². The summed E-state index contributed by atoms with van der Waals surface area (Å²) in [4.78, 5) is 0. The third-order valence-corrected chi connectivity index (χ3v) is 3.06. The Morgan fingerprint density at radius 2 is 1.58 bits per heavy atom. The fourth-order valence-corrected chi connectivity index (χ4v) is 2.01. The van der Waals surface area contributed by atoms with Gasteiger partial charge in [0.25, 0.3) is 0 Å². The minimum atomic E-state index is -4.37. The number of hydrogen-bond donors (Lipinski definition) is 1. The van der Waals surface area contributed by atoms with Crippen LogP contribution in [0.25, 0.3) is 11.1 Å². The Kier molecular flexibility index (Phi) is 3.27. The Bertz CT molecular complexity index is 615. The molecule has 1 nitrogen and oxygen atoms in total.